The van der Waals surface area contributed by atoms with Crippen molar-refractivity contribution in [3.8, 4) is 0 Å². The van der Waals surface area contributed by atoms with Crippen LogP contribution in [-0.4, -0.2) is 62.0 Å². The fraction of sp³-hybridized carbons (Fsp3) is 0.500. The van der Waals surface area contributed by atoms with E-state index in [1.807, 2.05) is 19.2 Å². The first-order valence-electron chi connectivity index (χ1n) is 6.61. The van der Waals surface area contributed by atoms with E-state index in [2.05, 4.69) is 10.2 Å². The molecule has 1 amide bonds. The van der Waals surface area contributed by atoms with Crippen LogP contribution in [0.1, 0.15) is 10.4 Å². The number of rotatable bonds is 4. The number of nitrogens with one attached hydrogen (secondary N) is 1. The second-order valence-electron chi connectivity index (χ2n) is 4.80. The molecular weight excluding hydrogens is 262 g/mol. The zero-order chi connectivity index (χ0) is 13.7. The summed E-state index contributed by atoms with van der Waals surface area (Å²) in [5.74, 6) is -0.0132. The van der Waals surface area contributed by atoms with Gasteiger partial charge in [0.05, 0.1) is 10.6 Å². The van der Waals surface area contributed by atoms with Gasteiger partial charge in [0, 0.05) is 46.3 Å². The molecule has 0 radical (unpaired) electrons. The number of carbonyl (C=O) groups is 1. The zero-order valence-corrected chi connectivity index (χ0v) is 12.0. The lowest BCUT2D eigenvalue weighted by molar-refractivity contribution is 0.0775. The van der Waals surface area contributed by atoms with Gasteiger partial charge in [-0.05, 0) is 12.1 Å². The highest BCUT2D eigenvalue weighted by atomic mass is 35.5. The number of piperazine rings is 1. The van der Waals surface area contributed by atoms with Crippen LogP contribution in [-0.2, 0) is 0 Å². The fourth-order valence-electron chi connectivity index (χ4n) is 2.17. The normalized spacial score (nSPS) is 16.3. The highest BCUT2D eigenvalue weighted by molar-refractivity contribution is 6.33. The van der Waals surface area contributed by atoms with Crippen molar-refractivity contribution in [2.45, 2.75) is 0 Å². The molecule has 1 aromatic carbocycles. The number of halogens is 1. The maximum Gasteiger partial charge on any atom is 0.255 e. The highest BCUT2D eigenvalue weighted by Crippen LogP contribution is 2.16. The number of carbonyl (C=O) groups excluding carboxylic acids is 1. The molecule has 0 atom stereocenters. The van der Waals surface area contributed by atoms with Gasteiger partial charge in [0.15, 0.2) is 0 Å². The third-order valence-corrected chi connectivity index (χ3v) is 3.74. The van der Waals surface area contributed by atoms with Crippen molar-refractivity contribution >= 4 is 17.5 Å². The van der Waals surface area contributed by atoms with Gasteiger partial charge in [-0.2, -0.15) is 0 Å². The monoisotopic (exact) mass is 281 g/mol. The molecule has 4 nitrogen and oxygen atoms in total. The van der Waals surface area contributed by atoms with Gasteiger partial charge in [0.2, 0.25) is 0 Å². The molecule has 1 N–H and O–H groups in total. The predicted molar refractivity (Wildman–Crippen MR) is 77.7 cm³/mol. The summed E-state index contributed by atoms with van der Waals surface area (Å²) in [5.41, 5.74) is 0.576. The van der Waals surface area contributed by atoms with E-state index in [0.29, 0.717) is 10.6 Å². The topological polar surface area (TPSA) is 35.6 Å². The van der Waals surface area contributed by atoms with Crippen LogP contribution in [0.5, 0.6) is 0 Å². The molecule has 1 aliphatic heterocycles. The number of benzene rings is 1. The number of likely N-dealkylation sites (N-methyl/N-ethyl adjacent to an activating group) is 1. The quantitative estimate of drug-likeness (QED) is 0.904. The first-order valence-corrected chi connectivity index (χ1v) is 6.99. The molecule has 1 aromatic rings. The van der Waals surface area contributed by atoms with Gasteiger partial charge < -0.3 is 10.2 Å². The first-order chi connectivity index (χ1) is 9.18. The number of amides is 1. The van der Waals surface area contributed by atoms with Gasteiger partial charge in [-0.3, -0.25) is 9.69 Å². The molecule has 2 rings (SSSR count). The molecule has 0 saturated carbocycles. The molecule has 0 aromatic heterocycles. The molecule has 104 valence electrons. The molecule has 1 aliphatic rings. The molecule has 5 heteroatoms. The maximum absolute atomic E-state index is 12.2. The average Bonchev–Trinajstić information content (AvgIpc) is 2.45. The van der Waals surface area contributed by atoms with Gasteiger partial charge in [-0.15, -0.1) is 0 Å². The average molecular weight is 282 g/mol. The Morgan fingerprint density at radius 1 is 1.37 bits per heavy atom. The molecule has 1 fully saturated rings. The Labute approximate surface area is 119 Å². The smallest absolute Gasteiger partial charge is 0.255 e. The van der Waals surface area contributed by atoms with E-state index in [1.165, 1.54) is 0 Å². The molecule has 0 bridgehead atoms. The summed E-state index contributed by atoms with van der Waals surface area (Å²) in [6, 6.07) is 7.19. The summed E-state index contributed by atoms with van der Waals surface area (Å²) < 4.78 is 0. The van der Waals surface area contributed by atoms with E-state index in [0.717, 1.165) is 39.3 Å². The number of nitrogens with zero attached hydrogens (tertiary/aromatic N) is 2. The summed E-state index contributed by atoms with van der Waals surface area (Å²) in [6.07, 6.45) is 0. The SMILES string of the molecule is CN(CCN1CCNCC1)C(=O)c1ccccc1Cl. The number of hydrogen-bond donors (Lipinski definition) is 1. The molecule has 1 saturated heterocycles. The third kappa shape index (κ3) is 3.93. The van der Waals surface area contributed by atoms with Crippen molar-refractivity contribution < 1.29 is 4.79 Å². The Morgan fingerprint density at radius 3 is 2.74 bits per heavy atom. The minimum Gasteiger partial charge on any atom is -0.340 e. The standard InChI is InChI=1S/C14H20ClN3O/c1-17(10-11-18-8-6-16-7-9-18)14(19)12-4-2-3-5-13(12)15/h2-5,16H,6-11H2,1H3. The van der Waals surface area contributed by atoms with E-state index in [4.69, 9.17) is 11.6 Å². The first kappa shape index (κ1) is 14.3. The van der Waals surface area contributed by atoms with Crippen molar-refractivity contribution in [3.63, 3.8) is 0 Å². The lowest BCUT2D eigenvalue weighted by atomic mass is 10.2. The van der Waals surface area contributed by atoms with Gasteiger partial charge in [0.1, 0.15) is 0 Å². The summed E-state index contributed by atoms with van der Waals surface area (Å²) in [7, 11) is 1.83. The minimum absolute atomic E-state index is 0.0132. The summed E-state index contributed by atoms with van der Waals surface area (Å²) in [4.78, 5) is 16.4. The minimum atomic E-state index is -0.0132. The highest BCUT2D eigenvalue weighted by Gasteiger charge is 2.16. The zero-order valence-electron chi connectivity index (χ0n) is 11.2. The Balaban J connectivity index is 1.87. The van der Waals surface area contributed by atoms with Gasteiger partial charge in [-0.1, -0.05) is 23.7 Å². The number of hydrogen-bond acceptors (Lipinski definition) is 3. The van der Waals surface area contributed by atoms with Crippen molar-refractivity contribution in [3.05, 3.63) is 34.9 Å². The maximum atomic E-state index is 12.2. The molecule has 1 heterocycles. The van der Waals surface area contributed by atoms with Crippen LogP contribution in [0.15, 0.2) is 24.3 Å². The third-order valence-electron chi connectivity index (χ3n) is 3.41. The Morgan fingerprint density at radius 2 is 2.05 bits per heavy atom. The second-order valence-corrected chi connectivity index (χ2v) is 5.21. The Kier molecular flexibility index (Phi) is 5.19. The van der Waals surface area contributed by atoms with E-state index in [-0.39, 0.29) is 5.91 Å². The van der Waals surface area contributed by atoms with E-state index in [1.54, 1.807) is 17.0 Å². The van der Waals surface area contributed by atoms with Crippen LogP contribution in [0, 0.1) is 0 Å². The molecule has 0 spiro atoms. The Bertz CT molecular complexity index is 432. The van der Waals surface area contributed by atoms with Crippen LogP contribution in [0.4, 0.5) is 0 Å². The summed E-state index contributed by atoms with van der Waals surface area (Å²) in [6.45, 7) is 5.80. The van der Waals surface area contributed by atoms with Crippen molar-refractivity contribution in [1.29, 1.82) is 0 Å². The lowest BCUT2D eigenvalue weighted by Gasteiger charge is -2.29. The van der Waals surface area contributed by atoms with Crippen LogP contribution in [0.3, 0.4) is 0 Å². The van der Waals surface area contributed by atoms with Crippen LogP contribution >= 0.6 is 11.6 Å². The Hall–Kier alpha value is -1.10. The predicted octanol–water partition coefficient (Wildman–Crippen LogP) is 1.32. The van der Waals surface area contributed by atoms with Gasteiger partial charge in [-0.25, -0.2) is 0 Å². The molecule has 0 unspecified atom stereocenters. The largest absolute Gasteiger partial charge is 0.340 e. The van der Waals surface area contributed by atoms with E-state index >= 15 is 0 Å². The van der Waals surface area contributed by atoms with Gasteiger partial charge in [0.25, 0.3) is 5.91 Å². The van der Waals surface area contributed by atoms with E-state index < -0.39 is 0 Å². The van der Waals surface area contributed by atoms with Crippen molar-refractivity contribution in [2.75, 3.05) is 46.3 Å². The van der Waals surface area contributed by atoms with Crippen LogP contribution in [0.25, 0.3) is 0 Å². The van der Waals surface area contributed by atoms with Crippen molar-refractivity contribution in [1.82, 2.24) is 15.1 Å². The van der Waals surface area contributed by atoms with Gasteiger partial charge >= 0.3 is 0 Å². The molecular formula is C14H20ClN3O. The van der Waals surface area contributed by atoms with Crippen LogP contribution in [0.2, 0.25) is 5.02 Å². The van der Waals surface area contributed by atoms with Crippen LogP contribution < -0.4 is 5.32 Å². The summed E-state index contributed by atoms with van der Waals surface area (Å²) in [5, 5.41) is 3.83. The fourth-order valence-corrected chi connectivity index (χ4v) is 2.38. The van der Waals surface area contributed by atoms with Crippen molar-refractivity contribution in [2.24, 2.45) is 0 Å². The second kappa shape index (κ2) is 6.89. The summed E-state index contributed by atoms with van der Waals surface area (Å²) >= 11 is 6.05. The molecule has 0 aliphatic carbocycles. The molecule has 19 heavy (non-hydrogen) atoms. The van der Waals surface area contributed by atoms with E-state index in [9.17, 15) is 4.79 Å². The lowest BCUT2D eigenvalue weighted by Crippen LogP contribution is -2.46.